The first-order valence-electron chi connectivity index (χ1n) is 9.35. The van der Waals surface area contributed by atoms with Crippen molar-refractivity contribution in [2.45, 2.75) is 32.1 Å². The molecule has 1 aliphatic heterocycles. The van der Waals surface area contributed by atoms with E-state index in [2.05, 4.69) is 5.32 Å². The quantitative estimate of drug-likeness (QED) is 0.538. The van der Waals surface area contributed by atoms with E-state index < -0.39 is 11.9 Å². The van der Waals surface area contributed by atoms with E-state index in [4.69, 9.17) is 25.8 Å². The maximum Gasteiger partial charge on any atom is 0.336 e. The fourth-order valence-electron chi connectivity index (χ4n) is 3.80. The average Bonchev–Trinajstić information content (AvgIpc) is 2.69. The van der Waals surface area contributed by atoms with E-state index in [-0.39, 0.29) is 35.5 Å². The van der Waals surface area contributed by atoms with Crippen molar-refractivity contribution in [3.63, 3.8) is 0 Å². The molecule has 0 aromatic heterocycles. The van der Waals surface area contributed by atoms with Gasteiger partial charge < -0.3 is 24.6 Å². The van der Waals surface area contributed by atoms with Crippen molar-refractivity contribution in [2.75, 3.05) is 27.4 Å². The van der Waals surface area contributed by atoms with Crippen molar-refractivity contribution in [3.05, 3.63) is 45.3 Å². The minimum absolute atomic E-state index is 0.0263. The van der Waals surface area contributed by atoms with Crippen LogP contribution in [0, 0.1) is 0 Å². The number of rotatable bonds is 6. The molecule has 0 unspecified atom stereocenters. The smallest absolute Gasteiger partial charge is 0.336 e. The maximum absolute atomic E-state index is 12.9. The molecular weight excluding hydrogens is 398 g/mol. The number of halogens is 1. The highest BCUT2D eigenvalue weighted by molar-refractivity contribution is 6.32. The van der Waals surface area contributed by atoms with E-state index in [0.717, 1.165) is 12.1 Å². The third-order valence-electron chi connectivity index (χ3n) is 5.12. The summed E-state index contributed by atoms with van der Waals surface area (Å²) in [5, 5.41) is 13.4. The van der Waals surface area contributed by atoms with Crippen molar-refractivity contribution < 1.29 is 28.9 Å². The molecule has 0 saturated heterocycles. The summed E-state index contributed by atoms with van der Waals surface area (Å²) in [5.74, 6) is -1.25. The Balaban J connectivity index is 2.13. The summed E-state index contributed by atoms with van der Waals surface area (Å²) in [6.45, 7) is 2.14. The minimum Gasteiger partial charge on any atom is -0.503 e. The predicted molar refractivity (Wildman–Crippen MR) is 107 cm³/mol. The van der Waals surface area contributed by atoms with Crippen LogP contribution in [0.3, 0.4) is 0 Å². The summed E-state index contributed by atoms with van der Waals surface area (Å²) in [6.07, 6.45) is 1.87. The van der Waals surface area contributed by atoms with Crippen molar-refractivity contribution in [1.29, 1.82) is 0 Å². The standard InChI is InChI=1S/C21H24ClNO6/c1-11-17(21(26)29-8-7-27-2)18(19-14(23-11)5-4-6-15(19)24)12-9-13(22)20(25)16(10-12)28-3/h9-10,18,23,25H,4-8H2,1-3H3/t18-/m1/s1. The Morgan fingerprint density at radius 3 is 2.72 bits per heavy atom. The third-order valence-corrected chi connectivity index (χ3v) is 5.41. The maximum atomic E-state index is 12.9. The number of hydrogen-bond donors (Lipinski definition) is 2. The zero-order valence-corrected chi connectivity index (χ0v) is 17.4. The highest BCUT2D eigenvalue weighted by Gasteiger charge is 2.39. The van der Waals surface area contributed by atoms with Crippen LogP contribution < -0.4 is 10.1 Å². The highest BCUT2D eigenvalue weighted by Crippen LogP contribution is 2.46. The van der Waals surface area contributed by atoms with Gasteiger partial charge in [-0.05, 0) is 37.5 Å². The number of aromatic hydroxyl groups is 1. The molecule has 0 radical (unpaired) electrons. The summed E-state index contributed by atoms with van der Waals surface area (Å²) in [6, 6.07) is 3.15. The Morgan fingerprint density at radius 2 is 2.03 bits per heavy atom. The average molecular weight is 422 g/mol. The number of nitrogens with one attached hydrogen (secondary N) is 1. The van der Waals surface area contributed by atoms with Crippen molar-refractivity contribution in [2.24, 2.45) is 0 Å². The molecule has 0 spiro atoms. The minimum atomic E-state index is -0.666. The SMILES string of the molecule is COCCOC(=O)C1=C(C)NC2=C(C(=O)CCC2)[C@@H]1c1cc(Cl)c(O)c(OC)c1. The van der Waals surface area contributed by atoms with E-state index in [1.54, 1.807) is 19.1 Å². The Labute approximate surface area is 174 Å². The van der Waals surface area contributed by atoms with Gasteiger partial charge in [-0.15, -0.1) is 0 Å². The number of methoxy groups -OCH3 is 2. The highest BCUT2D eigenvalue weighted by atomic mass is 35.5. The molecule has 29 heavy (non-hydrogen) atoms. The summed E-state index contributed by atoms with van der Waals surface area (Å²) in [7, 11) is 2.93. The fourth-order valence-corrected chi connectivity index (χ4v) is 4.02. The van der Waals surface area contributed by atoms with Gasteiger partial charge in [-0.25, -0.2) is 4.79 Å². The first-order chi connectivity index (χ1) is 13.9. The van der Waals surface area contributed by atoms with Crippen LogP contribution in [-0.4, -0.2) is 44.3 Å². The third kappa shape index (κ3) is 4.11. The lowest BCUT2D eigenvalue weighted by Gasteiger charge is -2.34. The van der Waals surface area contributed by atoms with Gasteiger partial charge in [-0.1, -0.05) is 11.6 Å². The lowest BCUT2D eigenvalue weighted by molar-refractivity contribution is -0.140. The van der Waals surface area contributed by atoms with Gasteiger partial charge in [0.2, 0.25) is 0 Å². The number of allylic oxidation sites excluding steroid dienone is 3. The Morgan fingerprint density at radius 1 is 1.28 bits per heavy atom. The Hall–Kier alpha value is -2.51. The van der Waals surface area contributed by atoms with Gasteiger partial charge in [0.25, 0.3) is 0 Å². The van der Waals surface area contributed by atoms with Crippen molar-refractivity contribution >= 4 is 23.4 Å². The van der Waals surface area contributed by atoms with E-state index in [0.29, 0.717) is 35.2 Å². The Kier molecular flexibility index (Phi) is 6.49. The number of ether oxygens (including phenoxy) is 3. The van der Waals surface area contributed by atoms with Gasteiger partial charge in [-0.3, -0.25) is 4.79 Å². The molecule has 8 heteroatoms. The zero-order chi connectivity index (χ0) is 21.1. The molecule has 1 aromatic rings. The van der Waals surface area contributed by atoms with Crippen LogP contribution in [-0.2, 0) is 19.1 Å². The molecule has 1 atom stereocenters. The molecule has 156 valence electrons. The van der Waals surface area contributed by atoms with Crippen molar-refractivity contribution in [1.82, 2.24) is 5.32 Å². The number of dihydropyridines is 1. The lowest BCUT2D eigenvalue weighted by atomic mass is 9.75. The lowest BCUT2D eigenvalue weighted by Crippen LogP contribution is -2.34. The molecule has 0 amide bonds. The van der Waals surface area contributed by atoms with Crippen LogP contribution in [0.4, 0.5) is 0 Å². The zero-order valence-electron chi connectivity index (χ0n) is 16.6. The summed E-state index contributed by atoms with van der Waals surface area (Å²) >= 11 is 6.20. The second-order valence-corrected chi connectivity index (χ2v) is 7.36. The van der Waals surface area contributed by atoms with Crippen LogP contribution >= 0.6 is 11.6 Å². The molecule has 0 fully saturated rings. The molecule has 7 nitrogen and oxygen atoms in total. The largest absolute Gasteiger partial charge is 0.503 e. The van der Waals surface area contributed by atoms with E-state index in [1.807, 2.05) is 0 Å². The van der Waals surface area contributed by atoms with E-state index >= 15 is 0 Å². The Bertz CT molecular complexity index is 905. The van der Waals surface area contributed by atoms with Gasteiger partial charge in [0.15, 0.2) is 17.3 Å². The van der Waals surface area contributed by atoms with E-state index in [1.165, 1.54) is 14.2 Å². The number of esters is 1. The molecule has 3 rings (SSSR count). The first kappa shape index (κ1) is 21.2. The second-order valence-electron chi connectivity index (χ2n) is 6.95. The number of ketones is 1. The van der Waals surface area contributed by atoms with Crippen molar-refractivity contribution in [3.8, 4) is 11.5 Å². The van der Waals surface area contributed by atoms with Crippen LogP contribution in [0.1, 0.15) is 37.7 Å². The van der Waals surface area contributed by atoms with Gasteiger partial charge in [-0.2, -0.15) is 0 Å². The number of Topliss-reactive ketones (excluding diaryl/α,β-unsaturated/α-hetero) is 1. The summed E-state index contributed by atoms with van der Waals surface area (Å²) in [4.78, 5) is 25.8. The molecule has 1 heterocycles. The van der Waals surface area contributed by atoms with Crippen LogP contribution in [0.5, 0.6) is 11.5 Å². The summed E-state index contributed by atoms with van der Waals surface area (Å²) < 4.78 is 15.5. The number of benzene rings is 1. The number of phenolic OH excluding ortho intramolecular Hbond substituents is 1. The number of carbonyl (C=O) groups is 2. The predicted octanol–water partition coefficient (Wildman–Crippen LogP) is 3.21. The second kappa shape index (κ2) is 8.88. The molecule has 2 N–H and O–H groups in total. The fraction of sp³-hybridized carbons (Fsp3) is 0.429. The van der Waals surface area contributed by atoms with Gasteiger partial charge in [0.05, 0.1) is 24.3 Å². The van der Waals surface area contributed by atoms with Gasteiger partial charge >= 0.3 is 5.97 Å². The van der Waals surface area contributed by atoms with Crippen LogP contribution in [0.2, 0.25) is 5.02 Å². The number of hydrogen-bond acceptors (Lipinski definition) is 7. The van der Waals surface area contributed by atoms with Gasteiger partial charge in [0, 0.05) is 36.4 Å². The normalized spacial score (nSPS) is 19.0. The molecular formula is C21H24ClNO6. The van der Waals surface area contributed by atoms with Gasteiger partial charge in [0.1, 0.15) is 6.61 Å². The van der Waals surface area contributed by atoms with Crippen LogP contribution in [0.15, 0.2) is 34.7 Å². The molecule has 1 aliphatic carbocycles. The summed E-state index contributed by atoms with van der Waals surface area (Å²) in [5.41, 5.74) is 2.87. The van der Waals surface area contributed by atoms with E-state index in [9.17, 15) is 14.7 Å². The topological polar surface area (TPSA) is 94.1 Å². The van der Waals surface area contributed by atoms with Crippen LogP contribution in [0.25, 0.3) is 0 Å². The first-order valence-corrected chi connectivity index (χ1v) is 9.73. The molecule has 2 aliphatic rings. The molecule has 1 aromatic carbocycles. The number of carbonyl (C=O) groups excluding carboxylic acids is 2. The monoisotopic (exact) mass is 421 g/mol. The molecule has 0 saturated carbocycles. The number of phenols is 1. The molecule has 0 bridgehead atoms.